The zero-order chi connectivity index (χ0) is 19.6. The van der Waals surface area contributed by atoms with E-state index in [1.807, 2.05) is 37.3 Å². The molecule has 1 aliphatic rings. The van der Waals surface area contributed by atoms with Crippen LogP contribution in [-0.4, -0.2) is 38.8 Å². The molecule has 2 aromatic rings. The highest BCUT2D eigenvalue weighted by atomic mass is 32.2. The molecule has 144 valence electrons. The van der Waals surface area contributed by atoms with Crippen molar-refractivity contribution >= 4 is 21.6 Å². The largest absolute Gasteiger partial charge is 0.311 e. The highest BCUT2D eigenvalue weighted by molar-refractivity contribution is 7.89. The summed E-state index contributed by atoms with van der Waals surface area (Å²) in [7, 11) is -1.89. The van der Waals surface area contributed by atoms with E-state index < -0.39 is 10.0 Å². The van der Waals surface area contributed by atoms with Crippen LogP contribution in [0, 0.1) is 12.8 Å². The third-order valence-electron chi connectivity index (χ3n) is 5.27. The molecular weight excluding hydrogens is 360 g/mol. The van der Waals surface area contributed by atoms with Gasteiger partial charge in [-0.2, -0.15) is 4.31 Å². The zero-order valence-electron chi connectivity index (χ0n) is 16.1. The maximum Gasteiger partial charge on any atom is 0.258 e. The van der Waals surface area contributed by atoms with E-state index in [0.29, 0.717) is 24.6 Å². The summed E-state index contributed by atoms with van der Waals surface area (Å²) in [5, 5.41) is 0. The number of anilines is 1. The fourth-order valence-electron chi connectivity index (χ4n) is 3.32. The van der Waals surface area contributed by atoms with E-state index in [1.54, 1.807) is 24.1 Å². The van der Waals surface area contributed by atoms with Crippen molar-refractivity contribution in [1.29, 1.82) is 0 Å². The zero-order valence-corrected chi connectivity index (χ0v) is 16.9. The molecule has 27 heavy (non-hydrogen) atoms. The smallest absolute Gasteiger partial charge is 0.258 e. The summed E-state index contributed by atoms with van der Waals surface area (Å²) in [6.45, 7) is 5.03. The molecule has 0 saturated carbocycles. The minimum Gasteiger partial charge on any atom is -0.311 e. The predicted octanol–water partition coefficient (Wildman–Crippen LogP) is 3.69. The van der Waals surface area contributed by atoms with E-state index >= 15 is 0 Å². The molecule has 0 atom stereocenters. The summed E-state index contributed by atoms with van der Waals surface area (Å²) in [5.74, 6) is 0.328. The molecule has 1 fully saturated rings. The SMILES string of the molecule is Cc1ccc(S(=O)(=O)N2CCC(C)CC2)cc1C(=O)N(C)c1ccccc1. The summed E-state index contributed by atoms with van der Waals surface area (Å²) in [6, 6.07) is 14.2. The Kier molecular flexibility index (Phi) is 5.67. The monoisotopic (exact) mass is 386 g/mol. The summed E-state index contributed by atoms with van der Waals surface area (Å²) in [6.07, 6.45) is 1.74. The van der Waals surface area contributed by atoms with Crippen molar-refractivity contribution in [3.63, 3.8) is 0 Å². The highest BCUT2D eigenvalue weighted by Crippen LogP contribution is 2.26. The lowest BCUT2D eigenvalue weighted by Gasteiger charge is -2.29. The first-order chi connectivity index (χ1) is 12.8. The van der Waals surface area contributed by atoms with E-state index in [2.05, 4.69) is 6.92 Å². The second-order valence-electron chi connectivity index (χ2n) is 7.26. The Morgan fingerprint density at radius 2 is 1.70 bits per heavy atom. The molecule has 2 aromatic carbocycles. The van der Waals surface area contributed by atoms with E-state index in [4.69, 9.17) is 0 Å². The number of amides is 1. The van der Waals surface area contributed by atoms with Crippen LogP contribution in [0.2, 0.25) is 0 Å². The Bertz CT molecular complexity index is 918. The van der Waals surface area contributed by atoms with Gasteiger partial charge >= 0.3 is 0 Å². The van der Waals surface area contributed by atoms with Gasteiger partial charge in [-0.1, -0.05) is 31.2 Å². The number of carbonyl (C=O) groups excluding carboxylic acids is 1. The van der Waals surface area contributed by atoms with Crippen LogP contribution in [0.1, 0.15) is 35.7 Å². The first-order valence-electron chi connectivity index (χ1n) is 9.24. The Balaban J connectivity index is 1.91. The Hall–Kier alpha value is -2.18. The third kappa shape index (κ3) is 4.06. The molecule has 0 N–H and O–H groups in total. The van der Waals surface area contributed by atoms with Gasteiger partial charge in [0.2, 0.25) is 10.0 Å². The van der Waals surface area contributed by atoms with Crippen molar-refractivity contribution in [2.45, 2.75) is 31.6 Å². The van der Waals surface area contributed by atoms with E-state index in [9.17, 15) is 13.2 Å². The molecule has 1 heterocycles. The molecule has 3 rings (SSSR count). The normalized spacial score (nSPS) is 16.3. The van der Waals surface area contributed by atoms with Gasteiger partial charge in [-0.15, -0.1) is 0 Å². The van der Waals surface area contributed by atoms with Gasteiger partial charge in [0.1, 0.15) is 0 Å². The van der Waals surface area contributed by atoms with Gasteiger partial charge in [0.15, 0.2) is 0 Å². The Morgan fingerprint density at radius 3 is 2.33 bits per heavy atom. The first kappa shape index (κ1) is 19.6. The molecule has 0 radical (unpaired) electrons. The number of nitrogens with zero attached hydrogens (tertiary/aromatic N) is 2. The maximum atomic E-state index is 13.0. The lowest BCUT2D eigenvalue weighted by molar-refractivity contribution is 0.0992. The highest BCUT2D eigenvalue weighted by Gasteiger charge is 2.29. The molecule has 5 nitrogen and oxygen atoms in total. The van der Waals surface area contributed by atoms with Gasteiger partial charge < -0.3 is 4.90 Å². The summed E-state index contributed by atoms with van der Waals surface area (Å²) < 4.78 is 27.6. The van der Waals surface area contributed by atoms with Crippen molar-refractivity contribution in [2.24, 2.45) is 5.92 Å². The van der Waals surface area contributed by atoms with Crippen molar-refractivity contribution in [2.75, 3.05) is 25.0 Å². The molecule has 1 aliphatic heterocycles. The lowest BCUT2D eigenvalue weighted by Crippen LogP contribution is -2.38. The van der Waals surface area contributed by atoms with Crippen molar-refractivity contribution in [3.8, 4) is 0 Å². The fraction of sp³-hybridized carbons (Fsp3) is 0.381. The summed E-state index contributed by atoms with van der Waals surface area (Å²) in [4.78, 5) is 14.7. The van der Waals surface area contributed by atoms with Gasteiger partial charge in [-0.05, 0) is 55.5 Å². The van der Waals surface area contributed by atoms with Crippen LogP contribution in [0.15, 0.2) is 53.4 Å². The lowest BCUT2D eigenvalue weighted by atomic mass is 10.0. The minimum absolute atomic E-state index is 0.187. The maximum absolute atomic E-state index is 13.0. The van der Waals surface area contributed by atoms with Crippen molar-refractivity contribution in [3.05, 3.63) is 59.7 Å². The molecule has 0 aliphatic carbocycles. The van der Waals surface area contributed by atoms with Crippen LogP contribution in [0.25, 0.3) is 0 Å². The summed E-state index contributed by atoms with van der Waals surface area (Å²) >= 11 is 0. The van der Waals surface area contributed by atoms with Gasteiger partial charge in [-0.25, -0.2) is 8.42 Å². The molecule has 1 amide bonds. The van der Waals surface area contributed by atoms with Crippen LogP contribution in [0.5, 0.6) is 0 Å². The number of aryl methyl sites for hydroxylation is 1. The van der Waals surface area contributed by atoms with Crippen LogP contribution >= 0.6 is 0 Å². The molecule has 0 unspecified atom stereocenters. The summed E-state index contributed by atoms with van der Waals surface area (Å²) in [5.41, 5.74) is 1.93. The second kappa shape index (κ2) is 7.82. The number of hydrogen-bond acceptors (Lipinski definition) is 3. The number of sulfonamides is 1. The topological polar surface area (TPSA) is 57.7 Å². The van der Waals surface area contributed by atoms with Crippen LogP contribution < -0.4 is 4.90 Å². The van der Waals surface area contributed by atoms with E-state index in [0.717, 1.165) is 24.1 Å². The molecular formula is C21H26N2O3S. The molecule has 0 bridgehead atoms. The van der Waals surface area contributed by atoms with E-state index in [-0.39, 0.29) is 10.8 Å². The number of carbonyl (C=O) groups is 1. The predicted molar refractivity (Wildman–Crippen MR) is 108 cm³/mol. The second-order valence-corrected chi connectivity index (χ2v) is 9.20. The average Bonchev–Trinajstić information content (AvgIpc) is 2.68. The van der Waals surface area contributed by atoms with Gasteiger partial charge in [0.25, 0.3) is 5.91 Å². The molecule has 1 saturated heterocycles. The molecule has 0 aromatic heterocycles. The van der Waals surface area contributed by atoms with Gasteiger partial charge in [-0.3, -0.25) is 4.79 Å². The van der Waals surface area contributed by atoms with E-state index in [1.165, 1.54) is 10.4 Å². The number of para-hydroxylation sites is 1. The van der Waals surface area contributed by atoms with Crippen LogP contribution in [0.4, 0.5) is 5.69 Å². The van der Waals surface area contributed by atoms with Crippen LogP contribution in [0.3, 0.4) is 0 Å². The number of piperidine rings is 1. The van der Waals surface area contributed by atoms with Gasteiger partial charge in [0.05, 0.1) is 4.90 Å². The van der Waals surface area contributed by atoms with Crippen LogP contribution in [-0.2, 0) is 10.0 Å². The molecule has 0 spiro atoms. The number of benzene rings is 2. The fourth-order valence-corrected chi connectivity index (χ4v) is 4.81. The third-order valence-corrected chi connectivity index (χ3v) is 7.16. The van der Waals surface area contributed by atoms with Crippen molar-refractivity contribution in [1.82, 2.24) is 4.31 Å². The number of hydrogen-bond donors (Lipinski definition) is 0. The minimum atomic E-state index is -3.59. The van der Waals surface area contributed by atoms with Crippen molar-refractivity contribution < 1.29 is 13.2 Å². The Labute approximate surface area is 161 Å². The van der Waals surface area contributed by atoms with Gasteiger partial charge in [0, 0.05) is 31.4 Å². The molecule has 6 heteroatoms. The number of rotatable bonds is 4. The standard InChI is InChI=1S/C21H26N2O3S/c1-16-11-13-23(14-12-16)27(25,26)19-10-9-17(2)20(15-19)21(24)22(3)18-7-5-4-6-8-18/h4-10,15-16H,11-14H2,1-3H3. The first-order valence-corrected chi connectivity index (χ1v) is 10.7. The quantitative estimate of drug-likeness (QED) is 0.805. The average molecular weight is 387 g/mol. The Morgan fingerprint density at radius 1 is 1.07 bits per heavy atom.